The van der Waals surface area contributed by atoms with E-state index in [0.29, 0.717) is 23.3 Å². The second-order valence-corrected chi connectivity index (χ2v) is 5.32. The van der Waals surface area contributed by atoms with E-state index in [9.17, 15) is 0 Å². The third-order valence-corrected chi connectivity index (χ3v) is 3.18. The molecule has 0 atom stereocenters. The summed E-state index contributed by atoms with van der Waals surface area (Å²) in [6, 6.07) is 5.76. The maximum absolute atomic E-state index is 5.43. The first-order valence-electron chi connectivity index (χ1n) is 6.88. The topological polar surface area (TPSA) is 69.6 Å². The molecule has 0 N–H and O–H groups in total. The molecule has 3 rings (SSSR count). The summed E-state index contributed by atoms with van der Waals surface area (Å²) in [4.78, 5) is 8.66. The lowest BCUT2D eigenvalue weighted by Gasteiger charge is -2.03. The summed E-state index contributed by atoms with van der Waals surface area (Å²) in [5.41, 5.74) is 2.73. The Morgan fingerprint density at radius 1 is 1.19 bits per heavy atom. The fraction of sp³-hybridized carbons (Fsp3) is 0.333. The first-order chi connectivity index (χ1) is 10.0. The summed E-state index contributed by atoms with van der Waals surface area (Å²) >= 11 is 0. The van der Waals surface area contributed by atoms with Crippen LogP contribution in [0.15, 0.2) is 28.9 Å². The van der Waals surface area contributed by atoms with Gasteiger partial charge in [-0.2, -0.15) is 5.10 Å². The quantitative estimate of drug-likeness (QED) is 0.739. The largest absolute Gasteiger partial charge is 0.353 e. The van der Waals surface area contributed by atoms with Crippen LogP contribution in [0.3, 0.4) is 0 Å². The number of pyridine rings is 1. The van der Waals surface area contributed by atoms with Crippen LogP contribution in [-0.4, -0.2) is 24.9 Å². The highest BCUT2D eigenvalue weighted by Crippen LogP contribution is 2.24. The number of rotatable bonds is 3. The van der Waals surface area contributed by atoms with Crippen LogP contribution in [-0.2, 0) is 0 Å². The summed E-state index contributed by atoms with van der Waals surface area (Å²) in [5.74, 6) is 2.26. The van der Waals surface area contributed by atoms with Crippen molar-refractivity contribution in [3.8, 4) is 17.3 Å². The van der Waals surface area contributed by atoms with Crippen LogP contribution in [0.4, 0.5) is 0 Å². The van der Waals surface area contributed by atoms with E-state index in [4.69, 9.17) is 4.52 Å². The molecular formula is C15H17N5O. The Morgan fingerprint density at radius 3 is 2.67 bits per heavy atom. The number of aromatic nitrogens is 5. The predicted octanol–water partition coefficient (Wildman–Crippen LogP) is 3.06. The molecule has 0 saturated carbocycles. The van der Waals surface area contributed by atoms with Gasteiger partial charge in [0.2, 0.25) is 11.6 Å². The van der Waals surface area contributed by atoms with Crippen LogP contribution < -0.4 is 0 Å². The summed E-state index contributed by atoms with van der Waals surface area (Å²) in [6.45, 7) is 7.94. The molecule has 0 amide bonds. The third kappa shape index (κ3) is 2.56. The number of nitrogens with zero attached hydrogens (tertiary/aromatic N) is 5. The van der Waals surface area contributed by atoms with E-state index in [1.54, 1.807) is 10.9 Å². The minimum Gasteiger partial charge on any atom is -0.353 e. The SMILES string of the molecule is Cc1cc(-n2nc(C)nc2-c2cc(C(C)C)no2)ccn1. The highest BCUT2D eigenvalue weighted by atomic mass is 16.5. The minimum atomic E-state index is 0.308. The standard InChI is InChI=1S/C15H17N5O/c1-9(2)13-8-14(21-19-13)15-17-11(4)18-20(15)12-5-6-16-10(3)7-12/h5-9H,1-4H3. The van der Waals surface area contributed by atoms with Gasteiger partial charge in [0.1, 0.15) is 5.82 Å². The Kier molecular flexibility index (Phi) is 3.29. The molecule has 0 saturated heterocycles. The van der Waals surface area contributed by atoms with E-state index in [2.05, 4.69) is 34.1 Å². The Bertz CT molecular complexity index is 772. The van der Waals surface area contributed by atoms with E-state index in [-0.39, 0.29) is 0 Å². The number of hydrogen-bond donors (Lipinski definition) is 0. The van der Waals surface area contributed by atoms with Gasteiger partial charge in [0, 0.05) is 18.0 Å². The average Bonchev–Trinajstić information content (AvgIpc) is 3.04. The lowest BCUT2D eigenvalue weighted by Crippen LogP contribution is -2.00. The number of aryl methyl sites for hydroxylation is 2. The molecule has 0 aliphatic heterocycles. The molecule has 0 spiro atoms. The summed E-state index contributed by atoms with van der Waals surface area (Å²) in [5, 5.41) is 8.53. The maximum atomic E-state index is 5.43. The smallest absolute Gasteiger partial charge is 0.204 e. The van der Waals surface area contributed by atoms with Crippen LogP contribution in [0, 0.1) is 13.8 Å². The highest BCUT2D eigenvalue weighted by molar-refractivity contribution is 5.52. The molecule has 0 bridgehead atoms. The molecule has 108 valence electrons. The summed E-state index contributed by atoms with van der Waals surface area (Å²) in [7, 11) is 0. The van der Waals surface area contributed by atoms with Crippen LogP contribution in [0.5, 0.6) is 0 Å². The van der Waals surface area contributed by atoms with Gasteiger partial charge in [-0.05, 0) is 31.9 Å². The molecule has 0 radical (unpaired) electrons. The zero-order valence-corrected chi connectivity index (χ0v) is 12.5. The van der Waals surface area contributed by atoms with Gasteiger partial charge >= 0.3 is 0 Å². The molecule has 0 aliphatic rings. The molecular weight excluding hydrogens is 266 g/mol. The Balaban J connectivity index is 2.11. The first-order valence-corrected chi connectivity index (χ1v) is 6.88. The molecule has 0 fully saturated rings. The van der Waals surface area contributed by atoms with Crippen molar-refractivity contribution in [2.45, 2.75) is 33.6 Å². The van der Waals surface area contributed by atoms with Crippen molar-refractivity contribution < 1.29 is 4.52 Å². The van der Waals surface area contributed by atoms with Gasteiger partial charge in [-0.1, -0.05) is 19.0 Å². The van der Waals surface area contributed by atoms with Crippen LogP contribution in [0.2, 0.25) is 0 Å². The zero-order valence-electron chi connectivity index (χ0n) is 12.5. The average molecular weight is 283 g/mol. The van der Waals surface area contributed by atoms with Crippen molar-refractivity contribution >= 4 is 0 Å². The Labute approximate surface area is 122 Å². The summed E-state index contributed by atoms with van der Waals surface area (Å²) < 4.78 is 7.19. The van der Waals surface area contributed by atoms with Crippen molar-refractivity contribution in [3.63, 3.8) is 0 Å². The number of hydrogen-bond acceptors (Lipinski definition) is 5. The third-order valence-electron chi connectivity index (χ3n) is 3.18. The van der Waals surface area contributed by atoms with E-state index < -0.39 is 0 Å². The molecule has 0 aromatic carbocycles. The minimum absolute atomic E-state index is 0.308. The Morgan fingerprint density at radius 2 is 2.00 bits per heavy atom. The summed E-state index contributed by atoms with van der Waals surface area (Å²) in [6.07, 6.45) is 1.76. The predicted molar refractivity (Wildman–Crippen MR) is 78.2 cm³/mol. The molecule has 3 aromatic heterocycles. The van der Waals surface area contributed by atoms with Crippen molar-refractivity contribution in [1.29, 1.82) is 0 Å². The van der Waals surface area contributed by atoms with Crippen LogP contribution >= 0.6 is 0 Å². The molecule has 0 aliphatic carbocycles. The van der Waals surface area contributed by atoms with Crippen LogP contribution in [0.1, 0.15) is 37.0 Å². The Hall–Kier alpha value is -2.50. The fourth-order valence-corrected chi connectivity index (χ4v) is 2.08. The van der Waals surface area contributed by atoms with E-state index >= 15 is 0 Å². The highest BCUT2D eigenvalue weighted by Gasteiger charge is 2.17. The van der Waals surface area contributed by atoms with Gasteiger partial charge in [0.25, 0.3) is 0 Å². The van der Waals surface area contributed by atoms with Crippen molar-refractivity contribution in [1.82, 2.24) is 24.9 Å². The second kappa shape index (κ2) is 5.12. The van der Waals surface area contributed by atoms with Gasteiger partial charge in [0.15, 0.2) is 0 Å². The normalized spacial score (nSPS) is 11.3. The molecule has 6 heteroatoms. The molecule has 6 nitrogen and oxygen atoms in total. The van der Waals surface area contributed by atoms with Crippen molar-refractivity contribution in [2.24, 2.45) is 0 Å². The lowest BCUT2D eigenvalue weighted by atomic mass is 10.1. The molecule has 21 heavy (non-hydrogen) atoms. The molecule has 3 aromatic rings. The van der Waals surface area contributed by atoms with Crippen molar-refractivity contribution in [2.75, 3.05) is 0 Å². The first kappa shape index (κ1) is 13.5. The van der Waals surface area contributed by atoms with Gasteiger partial charge in [-0.15, -0.1) is 0 Å². The van der Waals surface area contributed by atoms with Gasteiger partial charge in [-0.25, -0.2) is 9.67 Å². The maximum Gasteiger partial charge on any atom is 0.204 e. The van der Waals surface area contributed by atoms with Gasteiger partial charge in [0.05, 0.1) is 11.4 Å². The van der Waals surface area contributed by atoms with Crippen molar-refractivity contribution in [3.05, 3.63) is 41.6 Å². The van der Waals surface area contributed by atoms with E-state index in [0.717, 1.165) is 17.1 Å². The fourth-order valence-electron chi connectivity index (χ4n) is 2.08. The van der Waals surface area contributed by atoms with E-state index in [1.165, 1.54) is 0 Å². The monoisotopic (exact) mass is 283 g/mol. The lowest BCUT2D eigenvalue weighted by molar-refractivity contribution is 0.416. The zero-order chi connectivity index (χ0) is 15.0. The van der Waals surface area contributed by atoms with Crippen LogP contribution in [0.25, 0.3) is 17.3 Å². The van der Waals surface area contributed by atoms with Gasteiger partial charge in [-0.3, -0.25) is 4.98 Å². The molecule has 0 unspecified atom stereocenters. The van der Waals surface area contributed by atoms with E-state index in [1.807, 2.05) is 32.0 Å². The van der Waals surface area contributed by atoms with Gasteiger partial charge < -0.3 is 4.52 Å². The molecule has 3 heterocycles. The second-order valence-electron chi connectivity index (χ2n) is 5.32.